The van der Waals surface area contributed by atoms with Crippen molar-refractivity contribution in [3.63, 3.8) is 0 Å². The van der Waals surface area contributed by atoms with Gasteiger partial charge in [0.2, 0.25) is 0 Å². The molecule has 2 unspecified atom stereocenters. The first-order valence-corrected chi connectivity index (χ1v) is 5.05. The lowest BCUT2D eigenvalue weighted by Gasteiger charge is -2.30. The van der Waals surface area contributed by atoms with Gasteiger partial charge in [0, 0.05) is 19.1 Å². The van der Waals surface area contributed by atoms with Crippen molar-refractivity contribution in [1.29, 1.82) is 5.26 Å². The van der Waals surface area contributed by atoms with Crippen LogP contribution in [0.3, 0.4) is 0 Å². The molecule has 0 fully saturated rings. The summed E-state index contributed by atoms with van der Waals surface area (Å²) in [7, 11) is 4.10. The zero-order valence-corrected chi connectivity index (χ0v) is 9.70. The molecule has 0 aromatic rings. The van der Waals surface area contributed by atoms with Crippen molar-refractivity contribution in [2.45, 2.75) is 25.9 Å². The number of hydrogen-bond acceptors (Lipinski definition) is 4. The van der Waals surface area contributed by atoms with Crippen LogP contribution in [0.15, 0.2) is 0 Å². The molecule has 0 bridgehead atoms. The molecule has 2 N–H and O–H groups in total. The van der Waals surface area contributed by atoms with E-state index in [1.165, 1.54) is 0 Å². The molecular formula is C10H22N4. The molecule has 82 valence electrons. The molecule has 0 saturated heterocycles. The second-order valence-electron chi connectivity index (χ2n) is 3.93. The summed E-state index contributed by atoms with van der Waals surface area (Å²) in [5, 5.41) is 8.63. The van der Waals surface area contributed by atoms with Crippen LogP contribution in [0.25, 0.3) is 0 Å². The van der Waals surface area contributed by atoms with E-state index >= 15 is 0 Å². The highest BCUT2D eigenvalue weighted by atomic mass is 15.2. The highest BCUT2D eigenvalue weighted by molar-refractivity contribution is 4.89. The van der Waals surface area contributed by atoms with Crippen molar-refractivity contribution >= 4 is 0 Å². The molecule has 0 saturated carbocycles. The van der Waals surface area contributed by atoms with Gasteiger partial charge in [-0.05, 0) is 27.6 Å². The van der Waals surface area contributed by atoms with E-state index < -0.39 is 0 Å². The lowest BCUT2D eigenvalue weighted by Crippen LogP contribution is -2.45. The van der Waals surface area contributed by atoms with Gasteiger partial charge in [0.05, 0.1) is 6.07 Å². The average molecular weight is 198 g/mol. The number of nitrogens with two attached hydrogens (primary N) is 1. The molecule has 14 heavy (non-hydrogen) atoms. The van der Waals surface area contributed by atoms with E-state index in [0.29, 0.717) is 12.6 Å². The van der Waals surface area contributed by atoms with Gasteiger partial charge in [0.25, 0.3) is 0 Å². The Bertz CT molecular complexity index is 185. The SMILES string of the molecule is CCN(CC(N)C#N)C(C)CN(C)C. The van der Waals surface area contributed by atoms with E-state index in [1.54, 1.807) is 0 Å². The Kier molecular flexibility index (Phi) is 6.46. The fraction of sp³-hybridized carbons (Fsp3) is 0.900. The van der Waals surface area contributed by atoms with E-state index in [0.717, 1.165) is 13.1 Å². The third-order valence-electron chi connectivity index (χ3n) is 2.26. The monoisotopic (exact) mass is 198 g/mol. The summed E-state index contributed by atoms with van der Waals surface area (Å²) in [5.74, 6) is 0. The van der Waals surface area contributed by atoms with Gasteiger partial charge in [0.15, 0.2) is 0 Å². The van der Waals surface area contributed by atoms with Gasteiger partial charge in [-0.3, -0.25) is 4.90 Å². The van der Waals surface area contributed by atoms with Crippen molar-refractivity contribution in [1.82, 2.24) is 9.80 Å². The maximum atomic E-state index is 8.63. The van der Waals surface area contributed by atoms with Crippen LogP contribution in [0.2, 0.25) is 0 Å². The normalized spacial score (nSPS) is 15.6. The molecule has 0 aliphatic heterocycles. The number of nitriles is 1. The van der Waals surface area contributed by atoms with Gasteiger partial charge in [0.1, 0.15) is 6.04 Å². The number of rotatable bonds is 6. The second-order valence-corrected chi connectivity index (χ2v) is 3.93. The van der Waals surface area contributed by atoms with Crippen molar-refractivity contribution in [3.05, 3.63) is 0 Å². The topological polar surface area (TPSA) is 56.3 Å². The first kappa shape index (κ1) is 13.4. The molecule has 0 aliphatic carbocycles. The minimum absolute atomic E-state index is 0.375. The second kappa shape index (κ2) is 6.77. The Morgan fingerprint density at radius 1 is 1.36 bits per heavy atom. The van der Waals surface area contributed by atoms with Gasteiger partial charge in [-0.15, -0.1) is 0 Å². The summed E-state index contributed by atoms with van der Waals surface area (Å²) in [6.07, 6.45) is 0. The fourth-order valence-corrected chi connectivity index (χ4v) is 1.56. The zero-order valence-electron chi connectivity index (χ0n) is 9.70. The summed E-state index contributed by atoms with van der Waals surface area (Å²) < 4.78 is 0. The predicted octanol–water partition coefficient (Wildman–Crippen LogP) is 0.109. The smallest absolute Gasteiger partial charge is 0.106 e. The van der Waals surface area contributed by atoms with Crippen LogP contribution < -0.4 is 5.73 Å². The minimum Gasteiger partial charge on any atom is -0.315 e. The third-order valence-corrected chi connectivity index (χ3v) is 2.26. The Balaban J connectivity index is 4.06. The molecule has 0 aliphatic rings. The molecule has 0 amide bonds. The van der Waals surface area contributed by atoms with Crippen LogP contribution in [0.5, 0.6) is 0 Å². The summed E-state index contributed by atoms with van der Waals surface area (Å²) in [6.45, 7) is 6.84. The molecule has 0 spiro atoms. The highest BCUT2D eigenvalue weighted by Crippen LogP contribution is 2.00. The lowest BCUT2D eigenvalue weighted by atomic mass is 10.2. The van der Waals surface area contributed by atoms with E-state index in [-0.39, 0.29) is 6.04 Å². The van der Waals surface area contributed by atoms with E-state index in [4.69, 9.17) is 11.0 Å². The number of likely N-dealkylation sites (N-methyl/N-ethyl adjacent to an activating group) is 2. The van der Waals surface area contributed by atoms with Crippen LogP contribution in [0.4, 0.5) is 0 Å². The molecule has 0 rings (SSSR count). The Hall–Kier alpha value is -0.630. The standard InChI is InChI=1S/C10H22N4/c1-5-14(8-10(12)6-11)9(2)7-13(3)4/h9-10H,5,7-8,12H2,1-4H3. The molecule has 4 heteroatoms. The Morgan fingerprint density at radius 2 is 1.93 bits per heavy atom. The van der Waals surface area contributed by atoms with Crippen molar-refractivity contribution < 1.29 is 0 Å². The van der Waals surface area contributed by atoms with Gasteiger partial charge in [-0.25, -0.2) is 0 Å². The van der Waals surface area contributed by atoms with Crippen molar-refractivity contribution in [2.75, 3.05) is 33.7 Å². The average Bonchev–Trinajstić information content (AvgIpc) is 2.12. The van der Waals surface area contributed by atoms with Crippen LogP contribution >= 0.6 is 0 Å². The fourth-order valence-electron chi connectivity index (χ4n) is 1.56. The molecule has 2 atom stereocenters. The maximum absolute atomic E-state index is 8.63. The van der Waals surface area contributed by atoms with E-state index in [1.807, 2.05) is 0 Å². The summed E-state index contributed by atoms with van der Waals surface area (Å²) in [6, 6.07) is 2.12. The van der Waals surface area contributed by atoms with Crippen LogP contribution in [0.1, 0.15) is 13.8 Å². The molecule has 4 nitrogen and oxygen atoms in total. The van der Waals surface area contributed by atoms with Crippen molar-refractivity contribution in [2.24, 2.45) is 5.73 Å². The maximum Gasteiger partial charge on any atom is 0.106 e. The minimum atomic E-state index is -0.375. The largest absolute Gasteiger partial charge is 0.315 e. The third kappa shape index (κ3) is 5.18. The Labute approximate surface area is 87.3 Å². The number of hydrogen-bond donors (Lipinski definition) is 1. The summed E-state index contributed by atoms with van der Waals surface area (Å²) >= 11 is 0. The summed E-state index contributed by atoms with van der Waals surface area (Å²) in [5.41, 5.74) is 5.60. The number of nitrogens with zero attached hydrogens (tertiary/aromatic N) is 3. The van der Waals surface area contributed by atoms with Crippen LogP contribution in [0, 0.1) is 11.3 Å². The van der Waals surface area contributed by atoms with Gasteiger partial charge in [-0.2, -0.15) is 5.26 Å². The van der Waals surface area contributed by atoms with Crippen LogP contribution in [-0.4, -0.2) is 55.6 Å². The molecule has 0 aromatic carbocycles. The Morgan fingerprint density at radius 3 is 2.29 bits per heavy atom. The lowest BCUT2D eigenvalue weighted by molar-refractivity contribution is 0.179. The molecule has 0 heterocycles. The van der Waals surface area contributed by atoms with Crippen LogP contribution in [-0.2, 0) is 0 Å². The van der Waals surface area contributed by atoms with Gasteiger partial charge < -0.3 is 10.6 Å². The zero-order chi connectivity index (χ0) is 11.1. The van der Waals surface area contributed by atoms with E-state index in [2.05, 4.69) is 43.8 Å². The van der Waals surface area contributed by atoms with Gasteiger partial charge >= 0.3 is 0 Å². The predicted molar refractivity (Wildman–Crippen MR) is 58.9 cm³/mol. The first-order valence-electron chi connectivity index (χ1n) is 5.05. The molecular weight excluding hydrogens is 176 g/mol. The van der Waals surface area contributed by atoms with Crippen molar-refractivity contribution in [3.8, 4) is 6.07 Å². The molecule has 0 aromatic heterocycles. The highest BCUT2D eigenvalue weighted by Gasteiger charge is 2.15. The summed E-state index contributed by atoms with van der Waals surface area (Å²) in [4.78, 5) is 4.37. The quantitative estimate of drug-likeness (QED) is 0.658. The molecule has 0 radical (unpaired) electrons. The van der Waals surface area contributed by atoms with Gasteiger partial charge in [-0.1, -0.05) is 6.92 Å². The van der Waals surface area contributed by atoms with E-state index in [9.17, 15) is 0 Å². The first-order chi connectivity index (χ1) is 6.51.